The van der Waals surface area contributed by atoms with Gasteiger partial charge in [0.05, 0.1) is 0 Å². The van der Waals surface area contributed by atoms with Crippen LogP contribution in [-0.4, -0.2) is 49.0 Å². The van der Waals surface area contributed by atoms with Gasteiger partial charge < -0.3 is 21.1 Å². The Kier molecular flexibility index (Phi) is 4.53. The van der Waals surface area contributed by atoms with Gasteiger partial charge in [0.1, 0.15) is 6.23 Å². The third kappa shape index (κ3) is 4.01. The quantitative estimate of drug-likeness (QED) is 0.475. The highest BCUT2D eigenvalue weighted by molar-refractivity contribution is 4.67. The molecule has 4 nitrogen and oxygen atoms in total. The number of hydrogen-bond acceptors (Lipinski definition) is 4. The number of rotatable bonds is 4. The first kappa shape index (κ1) is 9.92. The fourth-order valence-electron chi connectivity index (χ4n) is 1.46. The summed E-state index contributed by atoms with van der Waals surface area (Å²) in [5, 5.41) is 12.1. The number of piperazine rings is 1. The minimum Gasteiger partial charge on any atom is -0.379 e. The van der Waals surface area contributed by atoms with Gasteiger partial charge in [-0.15, -0.1) is 0 Å². The molecule has 1 unspecified atom stereocenters. The van der Waals surface area contributed by atoms with Crippen LogP contribution in [0.5, 0.6) is 0 Å². The smallest absolute Gasteiger partial charge is 0.102 e. The van der Waals surface area contributed by atoms with Crippen LogP contribution < -0.4 is 11.1 Å². The highest BCUT2D eigenvalue weighted by Crippen LogP contribution is 1.97. The van der Waals surface area contributed by atoms with Crippen molar-refractivity contribution in [1.29, 1.82) is 0 Å². The Morgan fingerprint density at radius 1 is 1.42 bits per heavy atom. The van der Waals surface area contributed by atoms with E-state index in [9.17, 15) is 0 Å². The Morgan fingerprint density at radius 2 is 2.08 bits per heavy atom. The molecule has 0 aliphatic carbocycles. The van der Waals surface area contributed by atoms with Gasteiger partial charge in [0.25, 0.3) is 0 Å². The molecular weight excluding hydrogens is 154 g/mol. The van der Waals surface area contributed by atoms with Crippen LogP contribution in [0.2, 0.25) is 0 Å². The summed E-state index contributed by atoms with van der Waals surface area (Å²) in [5.74, 6) is 0. The minimum atomic E-state index is -0.632. The topological polar surface area (TPSA) is 61.5 Å². The van der Waals surface area contributed by atoms with E-state index in [-0.39, 0.29) is 0 Å². The van der Waals surface area contributed by atoms with E-state index >= 15 is 0 Å². The lowest BCUT2D eigenvalue weighted by molar-refractivity contribution is 0.156. The molecule has 0 aromatic rings. The number of hydrogen-bond donors (Lipinski definition) is 3. The molecule has 4 heteroatoms. The minimum absolute atomic E-state index is 0.632. The molecule has 0 aromatic carbocycles. The van der Waals surface area contributed by atoms with E-state index < -0.39 is 6.23 Å². The van der Waals surface area contributed by atoms with Crippen LogP contribution in [0.1, 0.15) is 12.8 Å². The molecule has 0 amide bonds. The summed E-state index contributed by atoms with van der Waals surface area (Å²) >= 11 is 0. The SMILES string of the molecule is NC(O)CCCN1CCNCC1. The molecule has 1 rings (SSSR count). The fourth-order valence-corrected chi connectivity index (χ4v) is 1.46. The predicted molar refractivity (Wildman–Crippen MR) is 48.7 cm³/mol. The van der Waals surface area contributed by atoms with Crippen molar-refractivity contribution in [3.63, 3.8) is 0 Å². The summed E-state index contributed by atoms with van der Waals surface area (Å²) < 4.78 is 0. The first-order valence-corrected chi connectivity index (χ1v) is 4.66. The van der Waals surface area contributed by atoms with Crippen molar-refractivity contribution in [1.82, 2.24) is 10.2 Å². The third-order valence-corrected chi connectivity index (χ3v) is 2.18. The number of aliphatic hydroxyl groups excluding tert-OH is 1. The maximum absolute atomic E-state index is 8.83. The van der Waals surface area contributed by atoms with Crippen molar-refractivity contribution in [2.75, 3.05) is 32.7 Å². The van der Waals surface area contributed by atoms with E-state index in [0.717, 1.165) is 39.1 Å². The van der Waals surface area contributed by atoms with Gasteiger partial charge in [0.15, 0.2) is 0 Å². The molecular formula is C8H19N3O. The fraction of sp³-hybridized carbons (Fsp3) is 1.00. The second-order valence-corrected chi connectivity index (χ2v) is 3.30. The summed E-state index contributed by atoms with van der Waals surface area (Å²) in [7, 11) is 0. The lowest BCUT2D eigenvalue weighted by Gasteiger charge is -2.27. The average Bonchev–Trinajstić information content (AvgIpc) is 2.05. The average molecular weight is 173 g/mol. The predicted octanol–water partition coefficient (Wildman–Crippen LogP) is -1.05. The van der Waals surface area contributed by atoms with E-state index in [0.29, 0.717) is 6.42 Å². The van der Waals surface area contributed by atoms with Gasteiger partial charge in [-0.1, -0.05) is 0 Å². The molecule has 4 N–H and O–H groups in total. The van der Waals surface area contributed by atoms with Gasteiger partial charge in [-0.3, -0.25) is 0 Å². The van der Waals surface area contributed by atoms with E-state index in [2.05, 4.69) is 10.2 Å². The van der Waals surface area contributed by atoms with Gasteiger partial charge in [-0.25, -0.2) is 0 Å². The van der Waals surface area contributed by atoms with Crippen molar-refractivity contribution >= 4 is 0 Å². The molecule has 1 heterocycles. The van der Waals surface area contributed by atoms with Crippen LogP contribution in [-0.2, 0) is 0 Å². The molecule has 1 atom stereocenters. The van der Waals surface area contributed by atoms with E-state index in [1.165, 1.54) is 0 Å². The molecule has 1 aliphatic rings. The molecule has 0 spiro atoms. The number of nitrogens with two attached hydrogens (primary N) is 1. The van der Waals surface area contributed by atoms with Crippen LogP contribution in [0.25, 0.3) is 0 Å². The second kappa shape index (κ2) is 5.48. The lowest BCUT2D eigenvalue weighted by Crippen LogP contribution is -2.43. The number of nitrogens with zero attached hydrogens (tertiary/aromatic N) is 1. The van der Waals surface area contributed by atoms with Crippen LogP contribution in [0.15, 0.2) is 0 Å². The highest BCUT2D eigenvalue weighted by Gasteiger charge is 2.08. The zero-order valence-corrected chi connectivity index (χ0v) is 7.50. The van der Waals surface area contributed by atoms with Gasteiger partial charge in [-0.2, -0.15) is 0 Å². The summed E-state index contributed by atoms with van der Waals surface area (Å²) in [6.45, 7) is 5.49. The highest BCUT2D eigenvalue weighted by atomic mass is 16.3. The number of nitrogens with one attached hydrogen (secondary N) is 1. The van der Waals surface area contributed by atoms with Crippen LogP contribution in [0.3, 0.4) is 0 Å². The van der Waals surface area contributed by atoms with Crippen molar-refractivity contribution in [2.45, 2.75) is 19.1 Å². The van der Waals surface area contributed by atoms with Crippen molar-refractivity contribution in [2.24, 2.45) is 5.73 Å². The van der Waals surface area contributed by atoms with Crippen LogP contribution >= 0.6 is 0 Å². The van der Waals surface area contributed by atoms with E-state index in [1.807, 2.05) is 0 Å². The molecule has 1 fully saturated rings. The largest absolute Gasteiger partial charge is 0.379 e. The van der Waals surface area contributed by atoms with Crippen LogP contribution in [0, 0.1) is 0 Å². The molecule has 72 valence electrons. The Hall–Kier alpha value is -0.160. The molecule has 12 heavy (non-hydrogen) atoms. The van der Waals surface area contributed by atoms with Crippen molar-refractivity contribution in [3.05, 3.63) is 0 Å². The molecule has 1 saturated heterocycles. The Labute approximate surface area is 73.7 Å². The lowest BCUT2D eigenvalue weighted by atomic mass is 10.2. The van der Waals surface area contributed by atoms with Crippen molar-refractivity contribution < 1.29 is 5.11 Å². The van der Waals surface area contributed by atoms with Gasteiger partial charge in [0.2, 0.25) is 0 Å². The Morgan fingerprint density at radius 3 is 2.67 bits per heavy atom. The third-order valence-electron chi connectivity index (χ3n) is 2.18. The normalized spacial score (nSPS) is 22.5. The summed E-state index contributed by atoms with van der Waals surface area (Å²) in [6.07, 6.45) is 1.08. The standard InChI is InChI=1S/C8H19N3O/c9-8(12)2-1-5-11-6-3-10-4-7-11/h8,10,12H,1-7,9H2. The van der Waals surface area contributed by atoms with Gasteiger partial charge >= 0.3 is 0 Å². The monoisotopic (exact) mass is 173 g/mol. The molecule has 1 aliphatic heterocycles. The number of aliphatic hydroxyl groups is 1. The first-order chi connectivity index (χ1) is 5.79. The maximum Gasteiger partial charge on any atom is 0.102 e. The molecule has 0 aromatic heterocycles. The molecule has 0 bridgehead atoms. The molecule has 0 saturated carbocycles. The van der Waals surface area contributed by atoms with E-state index in [4.69, 9.17) is 10.8 Å². The zero-order chi connectivity index (χ0) is 8.81. The summed E-state index contributed by atoms with van der Waals surface area (Å²) in [5.41, 5.74) is 5.23. The Balaban J connectivity index is 1.98. The van der Waals surface area contributed by atoms with Gasteiger partial charge in [0, 0.05) is 26.2 Å². The molecule has 0 radical (unpaired) electrons. The van der Waals surface area contributed by atoms with Crippen LogP contribution in [0.4, 0.5) is 0 Å². The first-order valence-electron chi connectivity index (χ1n) is 4.66. The maximum atomic E-state index is 8.83. The van der Waals surface area contributed by atoms with Crippen molar-refractivity contribution in [3.8, 4) is 0 Å². The summed E-state index contributed by atoms with van der Waals surface area (Å²) in [6, 6.07) is 0. The zero-order valence-electron chi connectivity index (χ0n) is 7.50. The van der Waals surface area contributed by atoms with Gasteiger partial charge in [-0.05, 0) is 19.4 Å². The summed E-state index contributed by atoms with van der Waals surface area (Å²) in [4.78, 5) is 2.40. The van der Waals surface area contributed by atoms with E-state index in [1.54, 1.807) is 0 Å². The Bertz CT molecular complexity index is 113. The second-order valence-electron chi connectivity index (χ2n) is 3.30.